The van der Waals surface area contributed by atoms with Gasteiger partial charge in [-0.3, -0.25) is 24.2 Å². The van der Waals surface area contributed by atoms with Crippen molar-refractivity contribution in [3.63, 3.8) is 0 Å². The van der Waals surface area contributed by atoms with Gasteiger partial charge < -0.3 is 4.74 Å². The first-order valence-corrected chi connectivity index (χ1v) is 9.89. The number of methoxy groups -OCH3 is 1. The molecule has 0 radical (unpaired) electrons. The molecule has 156 valence electrons. The summed E-state index contributed by atoms with van der Waals surface area (Å²) in [4.78, 5) is 41.9. The first-order chi connectivity index (χ1) is 14.9. The van der Waals surface area contributed by atoms with E-state index in [9.17, 15) is 14.4 Å². The molecule has 0 saturated carbocycles. The molecule has 0 aromatic heterocycles. The summed E-state index contributed by atoms with van der Waals surface area (Å²) in [6, 6.07) is 19.1. The molecule has 0 unspecified atom stereocenters. The molecule has 1 aliphatic heterocycles. The summed E-state index contributed by atoms with van der Waals surface area (Å²) >= 11 is 0. The van der Waals surface area contributed by atoms with Crippen LogP contribution in [0.25, 0.3) is 0 Å². The number of hydrogen-bond donors (Lipinski definition) is 0. The molecular formula is C25H22N2O4. The summed E-state index contributed by atoms with van der Waals surface area (Å²) in [7, 11) is 1.56. The number of rotatable bonds is 5. The second-order valence-electron chi connectivity index (χ2n) is 7.48. The third-order valence-corrected chi connectivity index (χ3v) is 5.39. The van der Waals surface area contributed by atoms with Crippen LogP contribution in [0.3, 0.4) is 0 Å². The van der Waals surface area contributed by atoms with Crippen LogP contribution in [-0.4, -0.2) is 36.4 Å². The Labute approximate surface area is 180 Å². The molecule has 1 aliphatic rings. The molecule has 1 heterocycles. The van der Waals surface area contributed by atoms with Crippen molar-refractivity contribution in [1.29, 1.82) is 0 Å². The SMILES string of the molecule is COc1ccc(C(=O)N(CN2C(=O)c3ccccc3C2=O)c2ccc(C)cc2C)cc1. The van der Waals surface area contributed by atoms with Gasteiger partial charge in [0.15, 0.2) is 0 Å². The summed E-state index contributed by atoms with van der Waals surface area (Å²) in [5.74, 6) is -0.489. The normalized spacial score (nSPS) is 12.7. The van der Waals surface area contributed by atoms with Crippen LogP contribution < -0.4 is 9.64 Å². The van der Waals surface area contributed by atoms with Crippen LogP contribution in [0.5, 0.6) is 5.75 Å². The van der Waals surface area contributed by atoms with Gasteiger partial charge in [0.1, 0.15) is 12.4 Å². The van der Waals surface area contributed by atoms with E-state index in [2.05, 4.69) is 0 Å². The maximum absolute atomic E-state index is 13.5. The lowest BCUT2D eigenvalue weighted by molar-refractivity contribution is 0.0650. The molecule has 3 amide bonds. The van der Waals surface area contributed by atoms with Crippen LogP contribution in [0.1, 0.15) is 42.2 Å². The van der Waals surface area contributed by atoms with Gasteiger partial charge >= 0.3 is 0 Å². The standard InChI is InChI=1S/C25H22N2O4/c1-16-8-13-22(17(2)14-16)26(23(28)18-9-11-19(31-3)12-10-18)15-27-24(29)20-6-4-5-7-21(20)25(27)30/h4-14H,15H2,1-3H3. The Bertz CT molecular complexity index is 1150. The highest BCUT2D eigenvalue weighted by molar-refractivity contribution is 6.22. The Morgan fingerprint density at radius 2 is 1.52 bits per heavy atom. The summed E-state index contributed by atoms with van der Waals surface area (Å²) in [6.07, 6.45) is 0. The lowest BCUT2D eigenvalue weighted by Crippen LogP contribution is -2.44. The van der Waals surface area contributed by atoms with Crippen LogP contribution >= 0.6 is 0 Å². The van der Waals surface area contributed by atoms with Crippen molar-refractivity contribution in [2.24, 2.45) is 0 Å². The highest BCUT2D eigenvalue weighted by atomic mass is 16.5. The van der Waals surface area contributed by atoms with Gasteiger partial charge in [-0.05, 0) is 61.9 Å². The molecule has 3 aromatic carbocycles. The maximum Gasteiger partial charge on any atom is 0.263 e. The van der Waals surface area contributed by atoms with Crippen LogP contribution in [0.2, 0.25) is 0 Å². The van der Waals surface area contributed by atoms with E-state index < -0.39 is 11.8 Å². The molecule has 4 rings (SSSR count). The predicted molar refractivity (Wildman–Crippen MR) is 118 cm³/mol. The molecule has 3 aromatic rings. The van der Waals surface area contributed by atoms with Gasteiger partial charge in [0.05, 0.1) is 18.2 Å². The van der Waals surface area contributed by atoms with E-state index in [1.165, 1.54) is 4.90 Å². The number of amides is 3. The van der Waals surface area contributed by atoms with E-state index in [0.29, 0.717) is 28.1 Å². The van der Waals surface area contributed by atoms with Crippen molar-refractivity contribution >= 4 is 23.4 Å². The topological polar surface area (TPSA) is 66.9 Å². The van der Waals surface area contributed by atoms with Gasteiger partial charge in [-0.1, -0.05) is 29.8 Å². The number of carbonyl (C=O) groups is 3. The molecule has 6 nitrogen and oxygen atoms in total. The van der Waals surface area contributed by atoms with Crippen molar-refractivity contribution < 1.29 is 19.1 Å². The number of fused-ring (bicyclic) bond motifs is 1. The molecule has 0 saturated heterocycles. The number of carbonyl (C=O) groups excluding carboxylic acids is 3. The van der Waals surface area contributed by atoms with Crippen LogP contribution in [0, 0.1) is 13.8 Å². The molecule has 6 heteroatoms. The van der Waals surface area contributed by atoms with E-state index in [4.69, 9.17) is 4.74 Å². The van der Waals surface area contributed by atoms with Gasteiger partial charge in [-0.15, -0.1) is 0 Å². The minimum atomic E-state index is -0.405. The zero-order valence-electron chi connectivity index (χ0n) is 17.6. The van der Waals surface area contributed by atoms with E-state index >= 15 is 0 Å². The molecule has 0 N–H and O–H groups in total. The smallest absolute Gasteiger partial charge is 0.263 e. The van der Waals surface area contributed by atoms with E-state index in [-0.39, 0.29) is 12.6 Å². The van der Waals surface area contributed by atoms with Crippen LogP contribution in [-0.2, 0) is 0 Å². The number of hydrogen-bond acceptors (Lipinski definition) is 4. The Balaban J connectivity index is 1.73. The van der Waals surface area contributed by atoms with Crippen molar-refractivity contribution in [3.8, 4) is 5.75 Å². The average molecular weight is 414 g/mol. The van der Waals surface area contributed by atoms with Crippen molar-refractivity contribution in [1.82, 2.24) is 4.90 Å². The quantitative estimate of drug-likeness (QED) is 0.587. The minimum absolute atomic E-state index is 0.179. The summed E-state index contributed by atoms with van der Waals surface area (Å²) in [6.45, 7) is 3.69. The fourth-order valence-electron chi connectivity index (χ4n) is 3.76. The largest absolute Gasteiger partial charge is 0.497 e. The summed E-state index contributed by atoms with van der Waals surface area (Å²) in [5, 5.41) is 0. The zero-order valence-corrected chi connectivity index (χ0v) is 17.6. The van der Waals surface area contributed by atoms with Gasteiger partial charge in [-0.25, -0.2) is 0 Å². The van der Waals surface area contributed by atoms with Crippen LogP contribution in [0.15, 0.2) is 66.7 Å². The van der Waals surface area contributed by atoms with E-state index in [1.807, 2.05) is 32.0 Å². The predicted octanol–water partition coefficient (Wildman–Crippen LogP) is 4.21. The average Bonchev–Trinajstić information content (AvgIpc) is 3.02. The third-order valence-electron chi connectivity index (χ3n) is 5.39. The zero-order chi connectivity index (χ0) is 22.1. The van der Waals surface area contributed by atoms with Gasteiger partial charge in [0, 0.05) is 11.3 Å². The molecule has 0 spiro atoms. The highest BCUT2D eigenvalue weighted by Crippen LogP contribution is 2.28. The molecule has 0 fully saturated rings. The summed E-state index contributed by atoms with van der Waals surface area (Å²) < 4.78 is 5.18. The maximum atomic E-state index is 13.5. The lowest BCUT2D eigenvalue weighted by atomic mass is 10.1. The highest BCUT2D eigenvalue weighted by Gasteiger charge is 2.37. The van der Waals surface area contributed by atoms with Gasteiger partial charge in [0.25, 0.3) is 17.7 Å². The minimum Gasteiger partial charge on any atom is -0.497 e. The third kappa shape index (κ3) is 3.68. The van der Waals surface area contributed by atoms with Gasteiger partial charge in [0.2, 0.25) is 0 Å². The second-order valence-corrected chi connectivity index (χ2v) is 7.48. The number of imide groups is 1. The number of ether oxygens (including phenoxy) is 1. The fourth-order valence-corrected chi connectivity index (χ4v) is 3.76. The van der Waals surface area contributed by atoms with Crippen molar-refractivity contribution in [3.05, 3.63) is 94.5 Å². The number of nitrogens with zero attached hydrogens (tertiary/aromatic N) is 2. The first-order valence-electron chi connectivity index (χ1n) is 9.89. The Hall–Kier alpha value is -3.93. The number of anilines is 1. The monoisotopic (exact) mass is 414 g/mol. The van der Waals surface area contributed by atoms with Crippen molar-refractivity contribution in [2.45, 2.75) is 13.8 Å². The van der Waals surface area contributed by atoms with Crippen LogP contribution in [0.4, 0.5) is 5.69 Å². The van der Waals surface area contributed by atoms with Gasteiger partial charge in [-0.2, -0.15) is 0 Å². The molecule has 31 heavy (non-hydrogen) atoms. The first kappa shape index (κ1) is 20.3. The molecule has 0 bridgehead atoms. The van der Waals surface area contributed by atoms with E-state index in [1.54, 1.807) is 55.6 Å². The van der Waals surface area contributed by atoms with E-state index in [0.717, 1.165) is 16.0 Å². The molecule has 0 atom stereocenters. The fraction of sp³-hybridized carbons (Fsp3) is 0.160. The van der Waals surface area contributed by atoms with Crippen molar-refractivity contribution in [2.75, 3.05) is 18.7 Å². The second kappa shape index (κ2) is 8.07. The Morgan fingerprint density at radius 1 is 0.903 bits per heavy atom. The Morgan fingerprint density at radius 3 is 2.06 bits per heavy atom. The number of aryl methyl sites for hydroxylation is 2. The molecular weight excluding hydrogens is 392 g/mol. The summed E-state index contributed by atoms with van der Waals surface area (Å²) in [5.41, 5.74) is 3.70. The number of benzene rings is 3. The lowest BCUT2D eigenvalue weighted by Gasteiger charge is -2.28. The molecule has 0 aliphatic carbocycles. The Kier molecular flexibility index (Phi) is 5.29.